The Labute approximate surface area is 134 Å². The first-order chi connectivity index (χ1) is 10.4. The molecular formula is C19H28O3. The highest BCUT2D eigenvalue weighted by Gasteiger charge is 2.52. The average molecular weight is 304 g/mol. The summed E-state index contributed by atoms with van der Waals surface area (Å²) in [7, 11) is 1.73. The highest BCUT2D eigenvalue weighted by atomic mass is 16.6. The van der Waals surface area contributed by atoms with Crippen molar-refractivity contribution in [1.82, 2.24) is 0 Å². The molecule has 3 heteroatoms. The topological polar surface area (TPSA) is 35.5 Å². The van der Waals surface area contributed by atoms with Gasteiger partial charge >= 0.3 is 5.97 Å². The second kappa shape index (κ2) is 6.82. The number of rotatable bonds is 7. The zero-order chi connectivity index (χ0) is 16.2. The predicted molar refractivity (Wildman–Crippen MR) is 87.9 cm³/mol. The Bertz CT molecular complexity index is 510. The van der Waals surface area contributed by atoms with Gasteiger partial charge in [0.15, 0.2) is 0 Å². The summed E-state index contributed by atoms with van der Waals surface area (Å²) in [4.78, 5) is 12.5. The van der Waals surface area contributed by atoms with E-state index in [2.05, 4.69) is 24.3 Å². The van der Waals surface area contributed by atoms with Crippen LogP contribution in [0.2, 0.25) is 0 Å². The SMILES string of the molecule is COCCCc1ccccc1CC1(C(=O)OC(C)(C)C)CC1. The van der Waals surface area contributed by atoms with Gasteiger partial charge in [0, 0.05) is 13.7 Å². The van der Waals surface area contributed by atoms with Crippen molar-refractivity contribution in [3.63, 3.8) is 0 Å². The largest absolute Gasteiger partial charge is 0.460 e. The Morgan fingerprint density at radius 2 is 1.82 bits per heavy atom. The number of carbonyl (C=O) groups is 1. The smallest absolute Gasteiger partial charge is 0.312 e. The summed E-state index contributed by atoms with van der Waals surface area (Å²) in [6.07, 6.45) is 4.68. The second-order valence-corrected chi connectivity index (χ2v) is 7.32. The van der Waals surface area contributed by atoms with Crippen molar-refractivity contribution in [3.05, 3.63) is 35.4 Å². The molecule has 22 heavy (non-hydrogen) atoms. The molecule has 3 nitrogen and oxygen atoms in total. The number of aryl methyl sites for hydroxylation is 1. The fourth-order valence-corrected chi connectivity index (χ4v) is 2.74. The molecule has 2 rings (SSSR count). The van der Waals surface area contributed by atoms with Gasteiger partial charge in [0.1, 0.15) is 5.60 Å². The molecule has 1 aliphatic carbocycles. The molecule has 0 heterocycles. The Balaban J connectivity index is 2.05. The standard InChI is InChI=1S/C19H28O3/c1-18(2,3)22-17(20)19(11-12-19)14-16-9-6-5-8-15(16)10-7-13-21-4/h5-6,8-9H,7,10-14H2,1-4H3. The zero-order valence-electron chi connectivity index (χ0n) is 14.3. The number of carbonyl (C=O) groups excluding carboxylic acids is 1. The number of hydrogen-bond donors (Lipinski definition) is 0. The third-order valence-electron chi connectivity index (χ3n) is 4.13. The van der Waals surface area contributed by atoms with Crippen LogP contribution in [0.25, 0.3) is 0 Å². The van der Waals surface area contributed by atoms with Gasteiger partial charge in [-0.05, 0) is 64.0 Å². The predicted octanol–water partition coefficient (Wildman–Crippen LogP) is 3.93. The Morgan fingerprint density at radius 3 is 2.36 bits per heavy atom. The first-order valence-corrected chi connectivity index (χ1v) is 8.15. The van der Waals surface area contributed by atoms with Crippen molar-refractivity contribution in [1.29, 1.82) is 0 Å². The van der Waals surface area contributed by atoms with Gasteiger partial charge in [-0.2, -0.15) is 0 Å². The maximum Gasteiger partial charge on any atom is 0.312 e. The molecule has 0 amide bonds. The van der Waals surface area contributed by atoms with E-state index in [1.54, 1.807) is 7.11 Å². The lowest BCUT2D eigenvalue weighted by Gasteiger charge is -2.24. The summed E-state index contributed by atoms with van der Waals surface area (Å²) in [6, 6.07) is 8.43. The van der Waals surface area contributed by atoms with Crippen LogP contribution in [0, 0.1) is 5.41 Å². The van der Waals surface area contributed by atoms with E-state index < -0.39 is 5.60 Å². The Hall–Kier alpha value is -1.35. The summed E-state index contributed by atoms with van der Waals surface area (Å²) in [5.41, 5.74) is 1.91. The van der Waals surface area contributed by atoms with Gasteiger partial charge < -0.3 is 9.47 Å². The third kappa shape index (κ3) is 4.57. The number of methoxy groups -OCH3 is 1. The van der Waals surface area contributed by atoms with Crippen LogP contribution >= 0.6 is 0 Å². The maximum atomic E-state index is 12.5. The highest BCUT2D eigenvalue weighted by Crippen LogP contribution is 2.50. The molecule has 0 atom stereocenters. The van der Waals surface area contributed by atoms with E-state index in [-0.39, 0.29) is 11.4 Å². The van der Waals surface area contributed by atoms with E-state index >= 15 is 0 Å². The first-order valence-electron chi connectivity index (χ1n) is 8.15. The van der Waals surface area contributed by atoms with Gasteiger partial charge in [-0.25, -0.2) is 0 Å². The van der Waals surface area contributed by atoms with Crippen LogP contribution < -0.4 is 0 Å². The lowest BCUT2D eigenvalue weighted by atomic mass is 9.91. The van der Waals surface area contributed by atoms with Crippen molar-refractivity contribution in [2.75, 3.05) is 13.7 Å². The summed E-state index contributed by atoms with van der Waals surface area (Å²) in [5.74, 6) is -0.0355. The highest BCUT2D eigenvalue weighted by molar-refractivity contribution is 5.80. The molecule has 0 spiro atoms. The molecule has 0 unspecified atom stereocenters. The van der Waals surface area contributed by atoms with E-state index in [0.717, 1.165) is 38.7 Å². The normalized spacial score (nSPS) is 16.4. The van der Waals surface area contributed by atoms with Crippen LogP contribution in [0.1, 0.15) is 51.2 Å². The van der Waals surface area contributed by atoms with E-state index in [4.69, 9.17) is 9.47 Å². The van der Waals surface area contributed by atoms with Crippen LogP contribution in [0.3, 0.4) is 0 Å². The van der Waals surface area contributed by atoms with Crippen molar-refractivity contribution in [3.8, 4) is 0 Å². The van der Waals surface area contributed by atoms with E-state index in [1.807, 2.05) is 20.8 Å². The third-order valence-corrected chi connectivity index (χ3v) is 4.13. The van der Waals surface area contributed by atoms with Crippen LogP contribution in [0.4, 0.5) is 0 Å². The first kappa shape index (κ1) is 17.0. The summed E-state index contributed by atoms with van der Waals surface area (Å²) < 4.78 is 10.8. The van der Waals surface area contributed by atoms with Crippen molar-refractivity contribution in [2.24, 2.45) is 5.41 Å². The molecule has 0 aliphatic heterocycles. The monoisotopic (exact) mass is 304 g/mol. The fraction of sp³-hybridized carbons (Fsp3) is 0.632. The van der Waals surface area contributed by atoms with Gasteiger partial charge in [0.25, 0.3) is 0 Å². The second-order valence-electron chi connectivity index (χ2n) is 7.32. The number of ether oxygens (including phenoxy) is 2. The van der Waals surface area contributed by atoms with Crippen LogP contribution in [0.15, 0.2) is 24.3 Å². The minimum Gasteiger partial charge on any atom is -0.460 e. The molecule has 0 bridgehead atoms. The van der Waals surface area contributed by atoms with Crippen molar-refractivity contribution < 1.29 is 14.3 Å². The number of esters is 1. The fourth-order valence-electron chi connectivity index (χ4n) is 2.74. The minimum atomic E-state index is -0.412. The van der Waals surface area contributed by atoms with Gasteiger partial charge in [-0.15, -0.1) is 0 Å². The molecular weight excluding hydrogens is 276 g/mol. The molecule has 0 saturated heterocycles. The molecule has 1 aliphatic rings. The van der Waals surface area contributed by atoms with E-state index in [0.29, 0.717) is 0 Å². The van der Waals surface area contributed by atoms with E-state index in [9.17, 15) is 4.79 Å². The minimum absolute atomic E-state index is 0.0355. The number of hydrogen-bond acceptors (Lipinski definition) is 3. The van der Waals surface area contributed by atoms with Crippen LogP contribution in [-0.4, -0.2) is 25.3 Å². The summed E-state index contributed by atoms with van der Waals surface area (Å²) >= 11 is 0. The van der Waals surface area contributed by atoms with E-state index in [1.165, 1.54) is 11.1 Å². The van der Waals surface area contributed by atoms with Gasteiger partial charge in [-0.3, -0.25) is 4.79 Å². The summed E-state index contributed by atoms with van der Waals surface area (Å²) in [6.45, 7) is 6.56. The number of benzene rings is 1. The molecule has 122 valence electrons. The zero-order valence-corrected chi connectivity index (χ0v) is 14.3. The molecule has 1 aromatic rings. The van der Waals surface area contributed by atoms with Crippen LogP contribution in [0.5, 0.6) is 0 Å². The lowest BCUT2D eigenvalue weighted by molar-refractivity contribution is -0.161. The lowest BCUT2D eigenvalue weighted by Crippen LogP contribution is -2.31. The molecule has 1 saturated carbocycles. The Morgan fingerprint density at radius 1 is 1.18 bits per heavy atom. The Kier molecular flexibility index (Phi) is 5.28. The summed E-state index contributed by atoms with van der Waals surface area (Å²) in [5, 5.41) is 0. The van der Waals surface area contributed by atoms with Crippen LogP contribution in [-0.2, 0) is 27.1 Å². The molecule has 1 aromatic carbocycles. The van der Waals surface area contributed by atoms with Crippen molar-refractivity contribution in [2.45, 2.75) is 58.5 Å². The molecule has 0 N–H and O–H groups in total. The maximum absolute atomic E-state index is 12.5. The van der Waals surface area contributed by atoms with Crippen molar-refractivity contribution >= 4 is 5.97 Å². The van der Waals surface area contributed by atoms with Gasteiger partial charge in [0.05, 0.1) is 5.41 Å². The molecule has 1 fully saturated rings. The molecule has 0 aromatic heterocycles. The van der Waals surface area contributed by atoms with Gasteiger partial charge in [-0.1, -0.05) is 24.3 Å². The average Bonchev–Trinajstić information content (AvgIpc) is 3.20. The molecule has 0 radical (unpaired) electrons. The quantitative estimate of drug-likeness (QED) is 0.565. The van der Waals surface area contributed by atoms with Gasteiger partial charge in [0.2, 0.25) is 0 Å².